The molecule has 0 radical (unpaired) electrons. The van der Waals surface area contributed by atoms with Crippen LogP contribution in [-0.2, 0) is 24.3 Å². The maximum absolute atomic E-state index is 12.2. The largest absolute Gasteiger partial charge is 0.452 e. The summed E-state index contributed by atoms with van der Waals surface area (Å²) in [6.45, 7) is 4.86. The Morgan fingerprint density at radius 3 is 2.58 bits per heavy atom. The molecule has 1 fully saturated rings. The van der Waals surface area contributed by atoms with Gasteiger partial charge in [0.05, 0.1) is 4.90 Å². The molecule has 1 aliphatic heterocycles. The highest BCUT2D eigenvalue weighted by Crippen LogP contribution is 2.14. The van der Waals surface area contributed by atoms with Gasteiger partial charge in [0.1, 0.15) is 6.54 Å². The molecule has 0 saturated carbocycles. The molecule has 3 amide bonds. The Hall–Kier alpha value is -2.46. The lowest BCUT2D eigenvalue weighted by molar-refractivity contribution is -0.156. The minimum absolute atomic E-state index is 0.0336. The van der Waals surface area contributed by atoms with Gasteiger partial charge in [-0.25, -0.2) is 13.2 Å². The molecule has 2 rings (SSSR count). The zero-order valence-corrected chi connectivity index (χ0v) is 15.6. The standard InChI is InChI=1S/C16H21N3O6S/c1-10-4-5-13(8-11(10)2)26(23,24)18-9-14(20)25-12(3)15(21)19-7-6-17-16(19)22/h4-5,8,12,18H,6-7,9H2,1-3H3,(H,17,22)/t12-/m0/s1. The van der Waals surface area contributed by atoms with Crippen molar-refractivity contribution in [3.63, 3.8) is 0 Å². The quantitative estimate of drug-likeness (QED) is 0.670. The molecule has 1 aromatic carbocycles. The third-order valence-electron chi connectivity index (χ3n) is 3.97. The fourth-order valence-electron chi connectivity index (χ4n) is 2.31. The van der Waals surface area contributed by atoms with Crippen LogP contribution in [0.3, 0.4) is 0 Å². The highest BCUT2D eigenvalue weighted by atomic mass is 32.2. The summed E-state index contributed by atoms with van der Waals surface area (Å²) in [7, 11) is -3.89. The maximum atomic E-state index is 12.2. The van der Waals surface area contributed by atoms with E-state index in [2.05, 4.69) is 10.0 Å². The van der Waals surface area contributed by atoms with Gasteiger partial charge in [-0.05, 0) is 44.0 Å². The van der Waals surface area contributed by atoms with Gasteiger partial charge in [0.2, 0.25) is 10.0 Å². The van der Waals surface area contributed by atoms with Crippen molar-refractivity contribution < 1.29 is 27.5 Å². The molecule has 10 heteroatoms. The van der Waals surface area contributed by atoms with Crippen molar-refractivity contribution in [2.24, 2.45) is 0 Å². The Morgan fingerprint density at radius 2 is 2.00 bits per heavy atom. The lowest BCUT2D eigenvalue weighted by atomic mass is 10.1. The molecule has 9 nitrogen and oxygen atoms in total. The highest BCUT2D eigenvalue weighted by molar-refractivity contribution is 7.89. The van der Waals surface area contributed by atoms with E-state index in [1.54, 1.807) is 13.0 Å². The molecule has 142 valence electrons. The van der Waals surface area contributed by atoms with E-state index in [1.807, 2.05) is 6.92 Å². The van der Waals surface area contributed by atoms with Gasteiger partial charge in [0.25, 0.3) is 5.91 Å². The molecule has 0 aromatic heterocycles. The van der Waals surface area contributed by atoms with Crippen molar-refractivity contribution in [1.82, 2.24) is 14.9 Å². The number of nitrogens with one attached hydrogen (secondary N) is 2. The molecule has 1 saturated heterocycles. The van der Waals surface area contributed by atoms with Crippen LogP contribution in [0.4, 0.5) is 4.79 Å². The van der Waals surface area contributed by atoms with Crippen molar-refractivity contribution in [3.05, 3.63) is 29.3 Å². The fourth-order valence-corrected chi connectivity index (χ4v) is 3.36. The van der Waals surface area contributed by atoms with Crippen molar-refractivity contribution in [2.45, 2.75) is 31.8 Å². The molecule has 2 N–H and O–H groups in total. The summed E-state index contributed by atoms with van der Waals surface area (Å²) in [5.41, 5.74) is 1.75. The maximum Gasteiger partial charge on any atom is 0.324 e. The Labute approximate surface area is 151 Å². The van der Waals surface area contributed by atoms with Crippen LogP contribution in [0, 0.1) is 13.8 Å². The van der Waals surface area contributed by atoms with Gasteiger partial charge in [-0.1, -0.05) is 6.07 Å². The Kier molecular flexibility index (Phi) is 5.98. The summed E-state index contributed by atoms with van der Waals surface area (Å²) in [5.74, 6) is -1.58. The normalized spacial score (nSPS) is 15.5. The number of ether oxygens (including phenoxy) is 1. The molecular weight excluding hydrogens is 362 g/mol. The molecule has 1 aliphatic rings. The number of aryl methyl sites for hydroxylation is 2. The second kappa shape index (κ2) is 7.83. The number of hydrogen-bond donors (Lipinski definition) is 2. The second-order valence-corrected chi connectivity index (χ2v) is 7.69. The van der Waals surface area contributed by atoms with E-state index >= 15 is 0 Å². The number of nitrogens with zero attached hydrogens (tertiary/aromatic N) is 1. The van der Waals surface area contributed by atoms with Crippen molar-refractivity contribution >= 4 is 27.9 Å². The molecule has 1 aromatic rings. The molecule has 0 bridgehead atoms. The SMILES string of the molecule is Cc1ccc(S(=O)(=O)NCC(=O)O[C@@H](C)C(=O)N2CCNC2=O)cc1C. The van der Waals surface area contributed by atoms with Crippen molar-refractivity contribution in [3.8, 4) is 0 Å². The smallest absolute Gasteiger partial charge is 0.324 e. The number of urea groups is 1. The number of benzene rings is 1. The van der Waals surface area contributed by atoms with Crippen LogP contribution in [0.2, 0.25) is 0 Å². The van der Waals surface area contributed by atoms with Crippen LogP contribution in [0.15, 0.2) is 23.1 Å². The van der Waals surface area contributed by atoms with E-state index in [1.165, 1.54) is 19.1 Å². The Balaban J connectivity index is 1.92. The lowest BCUT2D eigenvalue weighted by Crippen LogP contribution is -2.43. The van der Waals surface area contributed by atoms with Crippen LogP contribution in [0.1, 0.15) is 18.1 Å². The van der Waals surface area contributed by atoms with Gasteiger partial charge >= 0.3 is 12.0 Å². The second-order valence-electron chi connectivity index (χ2n) is 5.92. The number of carbonyl (C=O) groups is 3. The van der Waals surface area contributed by atoms with Crippen molar-refractivity contribution in [1.29, 1.82) is 0 Å². The van der Waals surface area contributed by atoms with Crippen LogP contribution in [0.5, 0.6) is 0 Å². The third-order valence-corrected chi connectivity index (χ3v) is 5.37. The molecule has 1 heterocycles. The zero-order chi connectivity index (χ0) is 19.5. The predicted molar refractivity (Wildman–Crippen MR) is 91.8 cm³/mol. The Bertz CT molecular complexity index is 836. The van der Waals surface area contributed by atoms with Crippen LogP contribution >= 0.6 is 0 Å². The first-order valence-electron chi connectivity index (χ1n) is 7.97. The first-order valence-corrected chi connectivity index (χ1v) is 9.46. The van der Waals surface area contributed by atoms with Crippen LogP contribution in [0.25, 0.3) is 0 Å². The minimum atomic E-state index is -3.89. The van der Waals surface area contributed by atoms with Gasteiger partial charge in [0.15, 0.2) is 6.10 Å². The van der Waals surface area contributed by atoms with E-state index in [4.69, 9.17) is 4.74 Å². The van der Waals surface area contributed by atoms with Gasteiger partial charge in [-0.15, -0.1) is 0 Å². The summed E-state index contributed by atoms with van der Waals surface area (Å²) in [6.07, 6.45) is -1.20. The fraction of sp³-hybridized carbons (Fsp3) is 0.438. The first-order chi connectivity index (χ1) is 12.1. The number of hydrogen-bond acceptors (Lipinski definition) is 6. The number of carbonyl (C=O) groups excluding carboxylic acids is 3. The van der Waals surface area contributed by atoms with Gasteiger partial charge in [-0.3, -0.25) is 14.5 Å². The average Bonchev–Trinajstić information content (AvgIpc) is 3.00. The average molecular weight is 383 g/mol. The summed E-state index contributed by atoms with van der Waals surface area (Å²) in [5, 5.41) is 2.46. The van der Waals surface area contributed by atoms with E-state index in [9.17, 15) is 22.8 Å². The van der Waals surface area contributed by atoms with Gasteiger partial charge < -0.3 is 10.1 Å². The number of imide groups is 1. The van der Waals surface area contributed by atoms with E-state index in [0.29, 0.717) is 6.54 Å². The molecule has 0 unspecified atom stereocenters. The third kappa shape index (κ3) is 4.58. The van der Waals surface area contributed by atoms with E-state index in [0.717, 1.165) is 16.0 Å². The van der Waals surface area contributed by atoms with E-state index in [-0.39, 0.29) is 11.4 Å². The minimum Gasteiger partial charge on any atom is -0.452 e. The highest BCUT2D eigenvalue weighted by Gasteiger charge is 2.31. The lowest BCUT2D eigenvalue weighted by Gasteiger charge is -2.18. The topological polar surface area (TPSA) is 122 Å². The summed E-state index contributed by atoms with van der Waals surface area (Å²) < 4.78 is 31.5. The van der Waals surface area contributed by atoms with Gasteiger partial charge in [-0.2, -0.15) is 4.72 Å². The summed E-state index contributed by atoms with van der Waals surface area (Å²) in [6, 6.07) is 4.06. The van der Waals surface area contributed by atoms with Gasteiger partial charge in [0, 0.05) is 13.1 Å². The molecule has 0 aliphatic carbocycles. The summed E-state index contributed by atoms with van der Waals surface area (Å²) in [4.78, 5) is 36.3. The van der Waals surface area contributed by atoms with Crippen molar-refractivity contribution in [2.75, 3.05) is 19.6 Å². The first kappa shape index (κ1) is 19.9. The summed E-state index contributed by atoms with van der Waals surface area (Å²) >= 11 is 0. The van der Waals surface area contributed by atoms with Crippen LogP contribution < -0.4 is 10.0 Å². The number of sulfonamides is 1. The monoisotopic (exact) mass is 383 g/mol. The zero-order valence-electron chi connectivity index (χ0n) is 14.7. The van der Waals surface area contributed by atoms with E-state index < -0.39 is 40.6 Å². The molecular formula is C16H21N3O6S. The van der Waals surface area contributed by atoms with Crippen LogP contribution in [-0.4, -0.2) is 57.0 Å². The molecule has 26 heavy (non-hydrogen) atoms. The molecule has 0 spiro atoms. The predicted octanol–water partition coefficient (Wildman–Crippen LogP) is 0.0652. The number of amides is 3. The number of rotatable bonds is 6. The molecule has 1 atom stereocenters. The Morgan fingerprint density at radius 1 is 1.31 bits per heavy atom. The number of esters is 1.